The molecule has 0 fully saturated rings. The molecule has 0 spiro atoms. The van der Waals surface area contributed by atoms with Gasteiger partial charge in [0.25, 0.3) is 0 Å². The van der Waals surface area contributed by atoms with Gasteiger partial charge in [0, 0.05) is 19.6 Å². The maximum atomic E-state index is 8.16. The van der Waals surface area contributed by atoms with Crippen LogP contribution in [0.15, 0.2) is 0 Å². The standard InChI is InChI=1S/C8H15NO/c1-2-3-7-10-8-5-4-6-9/h2-5,7-8H2,1H3. The third kappa shape index (κ3) is 7.45. The summed E-state index contributed by atoms with van der Waals surface area (Å²) in [5.74, 6) is 0. The van der Waals surface area contributed by atoms with Gasteiger partial charge in [-0.15, -0.1) is 0 Å². The smallest absolute Gasteiger partial charge is 0.0622 e. The minimum absolute atomic E-state index is 0.617. The van der Waals surface area contributed by atoms with E-state index in [4.69, 9.17) is 10.00 Å². The lowest BCUT2D eigenvalue weighted by Crippen LogP contribution is -1.95. The van der Waals surface area contributed by atoms with Crippen molar-refractivity contribution in [3.63, 3.8) is 0 Å². The quantitative estimate of drug-likeness (QED) is 0.531. The van der Waals surface area contributed by atoms with Crippen LogP contribution in [0.5, 0.6) is 0 Å². The lowest BCUT2D eigenvalue weighted by molar-refractivity contribution is 0.130. The van der Waals surface area contributed by atoms with Crippen molar-refractivity contribution in [3.05, 3.63) is 0 Å². The van der Waals surface area contributed by atoms with Gasteiger partial charge in [0.1, 0.15) is 0 Å². The highest BCUT2D eigenvalue weighted by Gasteiger charge is 1.86. The number of rotatable bonds is 6. The summed E-state index contributed by atoms with van der Waals surface area (Å²) in [4.78, 5) is 0. The van der Waals surface area contributed by atoms with E-state index in [9.17, 15) is 0 Å². The van der Waals surface area contributed by atoms with Crippen LogP contribution >= 0.6 is 0 Å². The number of unbranched alkanes of at least 4 members (excludes halogenated alkanes) is 2. The van der Waals surface area contributed by atoms with Crippen molar-refractivity contribution in [2.24, 2.45) is 0 Å². The molecule has 0 atom stereocenters. The van der Waals surface area contributed by atoms with Crippen molar-refractivity contribution in [1.82, 2.24) is 0 Å². The molecule has 0 saturated heterocycles. The Bertz CT molecular complexity index is 95.9. The van der Waals surface area contributed by atoms with Crippen LogP contribution < -0.4 is 0 Å². The Kier molecular flexibility index (Phi) is 7.99. The fourth-order valence-electron chi connectivity index (χ4n) is 0.602. The Labute approximate surface area is 62.8 Å². The first-order valence-electron chi connectivity index (χ1n) is 3.86. The molecule has 0 aromatic heterocycles. The van der Waals surface area contributed by atoms with Crippen molar-refractivity contribution >= 4 is 0 Å². The zero-order chi connectivity index (χ0) is 7.66. The van der Waals surface area contributed by atoms with Gasteiger partial charge in [0.15, 0.2) is 0 Å². The van der Waals surface area contributed by atoms with E-state index in [1.807, 2.05) is 0 Å². The second-order valence-corrected chi connectivity index (χ2v) is 2.23. The predicted octanol–water partition coefficient (Wildman–Crippen LogP) is 2.11. The zero-order valence-corrected chi connectivity index (χ0v) is 6.60. The largest absolute Gasteiger partial charge is 0.381 e. The molecule has 0 bridgehead atoms. The molecule has 58 valence electrons. The summed E-state index contributed by atoms with van der Waals surface area (Å²) >= 11 is 0. The molecule has 2 heteroatoms. The third-order valence-corrected chi connectivity index (χ3v) is 1.22. The Morgan fingerprint density at radius 3 is 2.60 bits per heavy atom. The van der Waals surface area contributed by atoms with Crippen LogP contribution in [-0.2, 0) is 4.74 Å². The first-order valence-corrected chi connectivity index (χ1v) is 3.86. The highest BCUT2D eigenvalue weighted by molar-refractivity contribution is 4.67. The van der Waals surface area contributed by atoms with E-state index in [1.165, 1.54) is 6.42 Å². The van der Waals surface area contributed by atoms with Gasteiger partial charge < -0.3 is 4.74 Å². The second kappa shape index (κ2) is 8.45. The number of hydrogen-bond donors (Lipinski definition) is 0. The minimum Gasteiger partial charge on any atom is -0.381 e. The lowest BCUT2D eigenvalue weighted by Gasteiger charge is -1.99. The van der Waals surface area contributed by atoms with Gasteiger partial charge >= 0.3 is 0 Å². The van der Waals surface area contributed by atoms with Crippen LogP contribution in [0.1, 0.15) is 32.6 Å². The summed E-state index contributed by atoms with van der Waals surface area (Å²) in [5, 5.41) is 8.16. The molecule has 0 amide bonds. The van der Waals surface area contributed by atoms with Crippen molar-refractivity contribution in [2.75, 3.05) is 13.2 Å². The van der Waals surface area contributed by atoms with Crippen molar-refractivity contribution in [3.8, 4) is 6.07 Å². The zero-order valence-electron chi connectivity index (χ0n) is 6.60. The third-order valence-electron chi connectivity index (χ3n) is 1.22. The van der Waals surface area contributed by atoms with Crippen LogP contribution in [-0.4, -0.2) is 13.2 Å². The number of hydrogen-bond acceptors (Lipinski definition) is 2. The lowest BCUT2D eigenvalue weighted by atomic mass is 10.3. The topological polar surface area (TPSA) is 33.0 Å². The van der Waals surface area contributed by atoms with E-state index in [2.05, 4.69) is 13.0 Å². The van der Waals surface area contributed by atoms with Crippen LogP contribution in [0.4, 0.5) is 0 Å². The fourth-order valence-corrected chi connectivity index (χ4v) is 0.602. The molecule has 0 unspecified atom stereocenters. The van der Waals surface area contributed by atoms with Crippen LogP contribution in [0, 0.1) is 11.3 Å². The molecule has 0 aromatic carbocycles. The first kappa shape index (κ1) is 9.45. The maximum Gasteiger partial charge on any atom is 0.0622 e. The molecular formula is C8H15NO. The minimum atomic E-state index is 0.617. The number of nitriles is 1. The van der Waals surface area contributed by atoms with Crippen LogP contribution in [0.3, 0.4) is 0 Å². The molecule has 2 nitrogen and oxygen atoms in total. The number of ether oxygens (including phenoxy) is 1. The average molecular weight is 141 g/mol. The van der Waals surface area contributed by atoms with Gasteiger partial charge in [-0.2, -0.15) is 5.26 Å². The van der Waals surface area contributed by atoms with E-state index >= 15 is 0 Å². The van der Waals surface area contributed by atoms with Gasteiger partial charge in [0.05, 0.1) is 6.07 Å². The summed E-state index contributed by atoms with van der Waals surface area (Å²) < 4.78 is 5.22. The van der Waals surface area contributed by atoms with Crippen molar-refractivity contribution in [1.29, 1.82) is 5.26 Å². The Morgan fingerprint density at radius 1 is 1.30 bits per heavy atom. The van der Waals surface area contributed by atoms with Gasteiger partial charge in [-0.1, -0.05) is 13.3 Å². The number of nitrogens with zero attached hydrogens (tertiary/aromatic N) is 1. The SMILES string of the molecule is CCCCOCCCC#N. The molecular weight excluding hydrogens is 126 g/mol. The van der Waals surface area contributed by atoms with Gasteiger partial charge in [-0.3, -0.25) is 0 Å². The normalized spacial score (nSPS) is 9.20. The maximum absolute atomic E-state index is 8.16. The van der Waals surface area contributed by atoms with Gasteiger partial charge in [-0.05, 0) is 12.8 Å². The van der Waals surface area contributed by atoms with Gasteiger partial charge in [0.2, 0.25) is 0 Å². The van der Waals surface area contributed by atoms with Crippen LogP contribution in [0.2, 0.25) is 0 Å². The highest BCUT2D eigenvalue weighted by atomic mass is 16.5. The van der Waals surface area contributed by atoms with E-state index in [0.29, 0.717) is 6.42 Å². The Morgan fingerprint density at radius 2 is 2.00 bits per heavy atom. The van der Waals surface area contributed by atoms with E-state index in [1.54, 1.807) is 0 Å². The van der Waals surface area contributed by atoms with Crippen LogP contribution in [0.25, 0.3) is 0 Å². The Hall–Kier alpha value is -0.550. The predicted molar refractivity (Wildman–Crippen MR) is 40.6 cm³/mol. The molecule has 0 radical (unpaired) electrons. The first-order chi connectivity index (χ1) is 4.91. The van der Waals surface area contributed by atoms with E-state index in [-0.39, 0.29) is 0 Å². The molecule has 0 aliphatic carbocycles. The summed E-state index contributed by atoms with van der Waals surface area (Å²) in [6.07, 6.45) is 3.80. The fraction of sp³-hybridized carbons (Fsp3) is 0.875. The molecule has 0 aliphatic rings. The van der Waals surface area contributed by atoms with E-state index < -0.39 is 0 Å². The van der Waals surface area contributed by atoms with Crippen molar-refractivity contribution < 1.29 is 4.74 Å². The highest BCUT2D eigenvalue weighted by Crippen LogP contribution is 1.91. The molecule has 0 aromatic rings. The molecule has 0 aliphatic heterocycles. The Balaban J connectivity index is 2.72. The summed E-state index contributed by atoms with van der Waals surface area (Å²) in [6.45, 7) is 3.73. The molecule has 0 saturated carbocycles. The summed E-state index contributed by atoms with van der Waals surface area (Å²) in [7, 11) is 0. The molecule has 10 heavy (non-hydrogen) atoms. The molecule has 0 heterocycles. The van der Waals surface area contributed by atoms with Crippen molar-refractivity contribution in [2.45, 2.75) is 32.6 Å². The van der Waals surface area contributed by atoms with Gasteiger partial charge in [-0.25, -0.2) is 0 Å². The second-order valence-electron chi connectivity index (χ2n) is 2.23. The monoisotopic (exact) mass is 141 g/mol. The summed E-state index contributed by atoms with van der Waals surface area (Å²) in [6, 6.07) is 2.08. The summed E-state index contributed by atoms with van der Waals surface area (Å²) in [5.41, 5.74) is 0. The average Bonchev–Trinajstić information content (AvgIpc) is 1.97. The van der Waals surface area contributed by atoms with E-state index in [0.717, 1.165) is 26.1 Å². The molecule has 0 N–H and O–H groups in total. The molecule has 0 rings (SSSR count).